The van der Waals surface area contributed by atoms with Crippen LogP contribution in [-0.2, 0) is 11.2 Å². The zero-order valence-electron chi connectivity index (χ0n) is 14.0. The van der Waals surface area contributed by atoms with Crippen LogP contribution in [0.3, 0.4) is 0 Å². The Hall–Kier alpha value is -0.430. The fraction of sp³-hybridized carbons (Fsp3) is 0.750. The van der Waals surface area contributed by atoms with Crippen molar-refractivity contribution in [2.24, 2.45) is 11.8 Å². The predicted octanol–water partition coefficient (Wildman–Crippen LogP) is 4.45. The fourth-order valence-corrected chi connectivity index (χ4v) is 2.85. The average Bonchev–Trinajstić information content (AvgIpc) is 2.40. The largest absolute Gasteiger partial charge is 0.373 e. The van der Waals surface area contributed by atoms with Gasteiger partial charge in [-0.05, 0) is 47.3 Å². The minimum atomic E-state index is -0.0601. The molecule has 0 spiro atoms. The van der Waals surface area contributed by atoms with Gasteiger partial charge >= 0.3 is 0 Å². The molecular weight excluding hydrogens is 377 g/mol. The number of aromatic nitrogens is 2. The molecular formula is C16H28IN3O. The summed E-state index contributed by atoms with van der Waals surface area (Å²) in [4.78, 5) is 9.51. The molecule has 1 rings (SSSR count). The molecule has 1 aromatic heterocycles. The number of ether oxygens (including phenoxy) is 1. The lowest BCUT2D eigenvalue weighted by Gasteiger charge is -2.21. The van der Waals surface area contributed by atoms with Gasteiger partial charge in [-0.15, -0.1) is 0 Å². The summed E-state index contributed by atoms with van der Waals surface area (Å²) < 4.78 is 6.74. The molecule has 1 aromatic rings. The number of anilines is 1. The van der Waals surface area contributed by atoms with Crippen molar-refractivity contribution in [3.05, 3.63) is 15.1 Å². The highest BCUT2D eigenvalue weighted by Crippen LogP contribution is 2.28. The molecule has 4 nitrogen and oxygen atoms in total. The maximum atomic E-state index is 5.60. The Kier molecular flexibility index (Phi) is 7.87. The number of nitrogens with one attached hydrogen (secondary N) is 1. The van der Waals surface area contributed by atoms with Crippen molar-refractivity contribution in [2.75, 3.05) is 19.0 Å². The molecule has 0 radical (unpaired) electrons. The van der Waals surface area contributed by atoms with Crippen LogP contribution in [0.15, 0.2) is 0 Å². The van der Waals surface area contributed by atoms with Gasteiger partial charge in [0.15, 0.2) is 5.82 Å². The topological polar surface area (TPSA) is 47.0 Å². The third-order valence-electron chi connectivity index (χ3n) is 3.20. The number of nitrogens with zero attached hydrogens (tertiary/aromatic N) is 2. The number of rotatable bonds is 8. The minimum absolute atomic E-state index is 0.0601. The monoisotopic (exact) mass is 405 g/mol. The van der Waals surface area contributed by atoms with Crippen molar-refractivity contribution in [1.29, 1.82) is 0 Å². The normalized spacial score (nSPS) is 13.0. The van der Waals surface area contributed by atoms with E-state index < -0.39 is 0 Å². The molecule has 1 N–H and O–H groups in total. The quantitative estimate of drug-likeness (QED) is 0.650. The summed E-state index contributed by atoms with van der Waals surface area (Å²) in [6.45, 7) is 11.8. The fourth-order valence-electron chi connectivity index (χ4n) is 2.20. The number of hydrogen-bond acceptors (Lipinski definition) is 4. The average molecular weight is 405 g/mol. The molecule has 0 aliphatic rings. The predicted molar refractivity (Wildman–Crippen MR) is 96.7 cm³/mol. The molecule has 1 unspecified atom stereocenters. The van der Waals surface area contributed by atoms with Crippen LogP contribution < -0.4 is 5.32 Å². The summed E-state index contributed by atoms with van der Waals surface area (Å²) in [7, 11) is 1.73. The Labute approximate surface area is 142 Å². The zero-order chi connectivity index (χ0) is 16.0. The zero-order valence-corrected chi connectivity index (χ0v) is 16.2. The highest BCUT2D eigenvalue weighted by molar-refractivity contribution is 14.1. The third-order valence-corrected chi connectivity index (χ3v) is 4.33. The van der Waals surface area contributed by atoms with E-state index in [1.807, 2.05) is 0 Å². The standard InChI is InChI=1S/C16H28IN3O/c1-7-8-18-15-13(17)12(9-10(2)3)19-16(20-15)14(21-6)11(4)5/h10-11,14H,7-9H2,1-6H3,(H,18,19,20). The first-order valence-electron chi connectivity index (χ1n) is 7.73. The second kappa shape index (κ2) is 8.88. The Balaban J connectivity index is 3.23. The molecule has 1 atom stereocenters. The van der Waals surface area contributed by atoms with E-state index >= 15 is 0 Å². The van der Waals surface area contributed by atoms with Gasteiger partial charge in [0.05, 0.1) is 9.26 Å². The van der Waals surface area contributed by atoms with Gasteiger partial charge in [0, 0.05) is 13.7 Å². The molecule has 0 aliphatic carbocycles. The first-order chi connectivity index (χ1) is 9.90. The summed E-state index contributed by atoms with van der Waals surface area (Å²) >= 11 is 2.36. The Morgan fingerprint density at radius 3 is 2.33 bits per heavy atom. The van der Waals surface area contributed by atoms with Gasteiger partial charge in [0.25, 0.3) is 0 Å². The SMILES string of the molecule is CCCNc1nc(C(OC)C(C)C)nc(CC(C)C)c1I. The summed E-state index contributed by atoms with van der Waals surface area (Å²) in [5, 5.41) is 3.42. The molecule has 1 heterocycles. The molecule has 0 amide bonds. The smallest absolute Gasteiger partial charge is 0.160 e. The van der Waals surface area contributed by atoms with Crippen LogP contribution in [0.4, 0.5) is 5.82 Å². The van der Waals surface area contributed by atoms with Crippen molar-refractivity contribution in [3.63, 3.8) is 0 Å². The molecule has 21 heavy (non-hydrogen) atoms. The maximum Gasteiger partial charge on any atom is 0.160 e. The van der Waals surface area contributed by atoms with Crippen LogP contribution in [0.5, 0.6) is 0 Å². The molecule has 5 heteroatoms. The second-order valence-corrected chi connectivity index (χ2v) is 7.19. The van der Waals surface area contributed by atoms with Crippen molar-refractivity contribution in [1.82, 2.24) is 9.97 Å². The molecule has 0 fully saturated rings. The van der Waals surface area contributed by atoms with Crippen LogP contribution in [0.25, 0.3) is 0 Å². The molecule has 0 aliphatic heterocycles. The molecule has 120 valence electrons. The lowest BCUT2D eigenvalue weighted by molar-refractivity contribution is 0.0573. The summed E-state index contributed by atoms with van der Waals surface area (Å²) in [6, 6.07) is 0. The molecule has 0 bridgehead atoms. The molecule has 0 aromatic carbocycles. The van der Waals surface area contributed by atoms with Crippen molar-refractivity contribution >= 4 is 28.4 Å². The van der Waals surface area contributed by atoms with E-state index in [2.05, 4.69) is 62.5 Å². The van der Waals surface area contributed by atoms with Gasteiger partial charge in [-0.25, -0.2) is 9.97 Å². The molecule has 0 saturated carbocycles. The number of methoxy groups -OCH3 is 1. The highest BCUT2D eigenvalue weighted by atomic mass is 127. The first kappa shape index (κ1) is 18.6. The Morgan fingerprint density at radius 1 is 1.19 bits per heavy atom. The minimum Gasteiger partial charge on any atom is -0.373 e. The van der Waals surface area contributed by atoms with Crippen molar-refractivity contribution in [2.45, 2.75) is 53.6 Å². The van der Waals surface area contributed by atoms with Gasteiger partial charge in [-0.2, -0.15) is 0 Å². The number of hydrogen-bond donors (Lipinski definition) is 1. The van der Waals surface area contributed by atoms with Crippen LogP contribution in [0, 0.1) is 15.4 Å². The highest BCUT2D eigenvalue weighted by Gasteiger charge is 2.22. The Bertz CT molecular complexity index is 449. The van der Waals surface area contributed by atoms with Gasteiger partial charge in [0.2, 0.25) is 0 Å². The van der Waals surface area contributed by atoms with Crippen molar-refractivity contribution < 1.29 is 4.74 Å². The second-order valence-electron chi connectivity index (χ2n) is 6.12. The van der Waals surface area contributed by atoms with Gasteiger partial charge in [0.1, 0.15) is 11.9 Å². The van der Waals surface area contributed by atoms with Crippen LogP contribution in [-0.4, -0.2) is 23.6 Å². The maximum absolute atomic E-state index is 5.60. The van der Waals surface area contributed by atoms with E-state index in [0.29, 0.717) is 11.8 Å². The van der Waals surface area contributed by atoms with E-state index in [9.17, 15) is 0 Å². The van der Waals surface area contributed by atoms with E-state index in [1.54, 1.807) is 7.11 Å². The van der Waals surface area contributed by atoms with Crippen LogP contribution in [0.2, 0.25) is 0 Å². The van der Waals surface area contributed by atoms with E-state index in [0.717, 1.165) is 40.3 Å². The van der Waals surface area contributed by atoms with Crippen LogP contribution >= 0.6 is 22.6 Å². The lowest BCUT2D eigenvalue weighted by atomic mass is 10.1. The van der Waals surface area contributed by atoms with Crippen LogP contribution in [0.1, 0.15) is 58.7 Å². The van der Waals surface area contributed by atoms with Crippen molar-refractivity contribution in [3.8, 4) is 0 Å². The van der Waals surface area contributed by atoms with E-state index in [4.69, 9.17) is 14.7 Å². The molecule has 0 saturated heterocycles. The van der Waals surface area contributed by atoms with E-state index in [1.165, 1.54) is 0 Å². The number of halogens is 1. The first-order valence-corrected chi connectivity index (χ1v) is 8.81. The summed E-state index contributed by atoms with van der Waals surface area (Å²) in [6.07, 6.45) is 1.98. The summed E-state index contributed by atoms with van der Waals surface area (Å²) in [5.41, 5.74) is 1.12. The van der Waals surface area contributed by atoms with Gasteiger partial charge in [-0.3, -0.25) is 0 Å². The summed E-state index contributed by atoms with van der Waals surface area (Å²) in [5.74, 6) is 2.66. The Morgan fingerprint density at radius 2 is 1.86 bits per heavy atom. The van der Waals surface area contributed by atoms with E-state index in [-0.39, 0.29) is 6.10 Å². The lowest BCUT2D eigenvalue weighted by Crippen LogP contribution is -2.18. The third kappa shape index (κ3) is 5.36. The van der Waals surface area contributed by atoms with Gasteiger partial charge in [-0.1, -0.05) is 34.6 Å². The van der Waals surface area contributed by atoms with Gasteiger partial charge < -0.3 is 10.1 Å².